The van der Waals surface area contributed by atoms with Gasteiger partial charge in [0.25, 0.3) is 0 Å². The first-order chi connectivity index (χ1) is 5.65. The van der Waals surface area contributed by atoms with Crippen molar-refractivity contribution >= 4 is 0 Å². The van der Waals surface area contributed by atoms with Gasteiger partial charge in [-0.25, -0.2) is 4.39 Å². The van der Waals surface area contributed by atoms with Crippen LogP contribution in [0.15, 0.2) is 0 Å². The highest BCUT2D eigenvalue weighted by molar-refractivity contribution is 4.80. The summed E-state index contributed by atoms with van der Waals surface area (Å²) < 4.78 is 13.1. The van der Waals surface area contributed by atoms with Gasteiger partial charge in [0, 0.05) is 13.1 Å². The fraction of sp³-hybridized carbons (Fsp3) is 1.00. The third kappa shape index (κ3) is 2.15. The van der Waals surface area contributed by atoms with E-state index in [1.54, 1.807) is 11.8 Å². The summed E-state index contributed by atoms with van der Waals surface area (Å²) >= 11 is 0. The Morgan fingerprint density at radius 3 is 2.67 bits per heavy atom. The summed E-state index contributed by atoms with van der Waals surface area (Å²) in [5.74, 6) is 0. The average Bonchev–Trinajstić information content (AvgIpc) is 2.08. The molecular weight excluding hydrogens is 161 g/mol. The van der Waals surface area contributed by atoms with Crippen LogP contribution in [0.25, 0.3) is 0 Å². The maximum absolute atomic E-state index is 13.1. The molecule has 3 atom stereocenters. The number of nitrogens with zero attached hydrogens (tertiary/aromatic N) is 1. The lowest BCUT2D eigenvalue weighted by atomic mass is 10.0. The molecule has 4 heteroatoms. The molecular formula is C8H16FNO2. The molecule has 1 aliphatic heterocycles. The average molecular weight is 177 g/mol. The number of likely N-dealkylation sites (tertiary alicyclic amines) is 1. The number of aliphatic hydroxyl groups is 2. The zero-order valence-corrected chi connectivity index (χ0v) is 7.28. The van der Waals surface area contributed by atoms with Crippen LogP contribution in [0, 0.1) is 0 Å². The Balaban J connectivity index is 2.39. The molecule has 0 aromatic heterocycles. The van der Waals surface area contributed by atoms with E-state index in [1.807, 2.05) is 0 Å². The highest BCUT2D eigenvalue weighted by Gasteiger charge is 2.29. The lowest BCUT2D eigenvalue weighted by Gasteiger charge is -2.34. The van der Waals surface area contributed by atoms with E-state index >= 15 is 0 Å². The Bertz CT molecular complexity index is 145. The lowest BCUT2D eigenvalue weighted by Crippen LogP contribution is -2.49. The molecule has 0 aromatic carbocycles. The van der Waals surface area contributed by atoms with Crippen LogP contribution in [-0.4, -0.2) is 46.7 Å². The maximum atomic E-state index is 13.1. The second-order valence-corrected chi connectivity index (χ2v) is 3.26. The van der Waals surface area contributed by atoms with Gasteiger partial charge in [-0.15, -0.1) is 0 Å². The molecule has 0 aromatic rings. The van der Waals surface area contributed by atoms with Crippen molar-refractivity contribution < 1.29 is 14.6 Å². The SMILES string of the molecule is CC[C@@H](F)N1CCC(O)C(O)C1. The first kappa shape index (κ1) is 9.89. The molecule has 1 saturated heterocycles. The normalized spacial score (nSPS) is 35.0. The molecule has 1 rings (SSSR count). The molecule has 72 valence electrons. The molecule has 0 saturated carbocycles. The van der Waals surface area contributed by atoms with Crippen LogP contribution in [0.1, 0.15) is 19.8 Å². The predicted octanol–water partition coefficient (Wildman–Crippen LogP) is 0.120. The number of halogens is 1. The molecule has 0 aliphatic carbocycles. The van der Waals surface area contributed by atoms with Gasteiger partial charge < -0.3 is 10.2 Å². The summed E-state index contributed by atoms with van der Waals surface area (Å²) in [4.78, 5) is 1.57. The minimum absolute atomic E-state index is 0.246. The Kier molecular flexibility index (Phi) is 3.43. The third-order valence-corrected chi connectivity index (χ3v) is 2.31. The number of aliphatic hydroxyl groups excluding tert-OH is 2. The number of hydrogen-bond acceptors (Lipinski definition) is 3. The van der Waals surface area contributed by atoms with E-state index in [-0.39, 0.29) is 6.54 Å². The largest absolute Gasteiger partial charge is 0.390 e. The number of alkyl halides is 1. The molecule has 1 heterocycles. The molecule has 0 amide bonds. The quantitative estimate of drug-likeness (QED) is 0.589. The van der Waals surface area contributed by atoms with Crippen molar-refractivity contribution in [1.29, 1.82) is 0 Å². The molecule has 0 radical (unpaired) electrons. The van der Waals surface area contributed by atoms with Crippen LogP contribution in [-0.2, 0) is 0 Å². The van der Waals surface area contributed by atoms with Crippen LogP contribution in [0.4, 0.5) is 4.39 Å². The van der Waals surface area contributed by atoms with Gasteiger partial charge in [0.05, 0.1) is 12.2 Å². The minimum atomic E-state index is -0.979. The Morgan fingerprint density at radius 2 is 2.17 bits per heavy atom. The number of hydrogen-bond donors (Lipinski definition) is 2. The first-order valence-electron chi connectivity index (χ1n) is 4.39. The second kappa shape index (κ2) is 4.16. The summed E-state index contributed by atoms with van der Waals surface area (Å²) in [5, 5.41) is 18.4. The van der Waals surface area contributed by atoms with E-state index < -0.39 is 18.5 Å². The van der Waals surface area contributed by atoms with E-state index in [9.17, 15) is 9.50 Å². The summed E-state index contributed by atoms with van der Waals surface area (Å²) in [6.45, 7) is 2.55. The van der Waals surface area contributed by atoms with Gasteiger partial charge >= 0.3 is 0 Å². The summed E-state index contributed by atoms with van der Waals surface area (Å²) in [6, 6.07) is 0. The molecule has 2 N–H and O–H groups in total. The van der Waals surface area contributed by atoms with Gasteiger partial charge in [-0.05, 0) is 12.8 Å². The van der Waals surface area contributed by atoms with Crippen LogP contribution < -0.4 is 0 Å². The predicted molar refractivity (Wildman–Crippen MR) is 43.4 cm³/mol. The van der Waals surface area contributed by atoms with Gasteiger partial charge in [-0.3, -0.25) is 4.90 Å². The maximum Gasteiger partial charge on any atom is 0.153 e. The standard InChI is InChI=1S/C8H16FNO2/c1-2-8(9)10-4-3-6(11)7(12)5-10/h6-8,11-12H,2-5H2,1H3/t6?,7?,8-/m0/s1. The summed E-state index contributed by atoms with van der Waals surface area (Å²) in [7, 11) is 0. The van der Waals surface area contributed by atoms with Crippen LogP contribution in [0.3, 0.4) is 0 Å². The topological polar surface area (TPSA) is 43.7 Å². The van der Waals surface area contributed by atoms with Crippen LogP contribution in [0.2, 0.25) is 0 Å². The van der Waals surface area contributed by atoms with Gasteiger partial charge in [0.2, 0.25) is 0 Å². The minimum Gasteiger partial charge on any atom is -0.390 e. The number of rotatable bonds is 2. The van der Waals surface area contributed by atoms with Crippen molar-refractivity contribution in [2.24, 2.45) is 0 Å². The van der Waals surface area contributed by atoms with Crippen molar-refractivity contribution in [1.82, 2.24) is 4.90 Å². The second-order valence-electron chi connectivity index (χ2n) is 3.26. The van der Waals surface area contributed by atoms with Crippen molar-refractivity contribution in [3.05, 3.63) is 0 Å². The molecule has 2 unspecified atom stereocenters. The number of piperidine rings is 1. The Morgan fingerprint density at radius 1 is 1.50 bits per heavy atom. The van der Waals surface area contributed by atoms with Crippen molar-refractivity contribution in [2.75, 3.05) is 13.1 Å². The Hall–Kier alpha value is -0.190. The monoisotopic (exact) mass is 177 g/mol. The summed E-state index contributed by atoms with van der Waals surface area (Å²) in [5.41, 5.74) is 0. The van der Waals surface area contributed by atoms with Crippen molar-refractivity contribution in [3.8, 4) is 0 Å². The third-order valence-electron chi connectivity index (χ3n) is 2.31. The Labute approximate surface area is 71.8 Å². The highest BCUT2D eigenvalue weighted by atomic mass is 19.1. The van der Waals surface area contributed by atoms with Crippen LogP contribution in [0.5, 0.6) is 0 Å². The van der Waals surface area contributed by atoms with Crippen LogP contribution >= 0.6 is 0 Å². The van der Waals surface area contributed by atoms with Gasteiger partial charge in [-0.1, -0.05) is 6.92 Å². The highest BCUT2D eigenvalue weighted by Crippen LogP contribution is 2.15. The van der Waals surface area contributed by atoms with E-state index in [0.717, 1.165) is 0 Å². The van der Waals surface area contributed by atoms with Crippen molar-refractivity contribution in [3.63, 3.8) is 0 Å². The van der Waals surface area contributed by atoms with E-state index in [0.29, 0.717) is 19.4 Å². The van der Waals surface area contributed by atoms with E-state index in [4.69, 9.17) is 5.11 Å². The molecule has 3 nitrogen and oxygen atoms in total. The molecule has 12 heavy (non-hydrogen) atoms. The number of β-amino-alcohol motifs (C(OH)–C–C–N with tert-alkyl or cyclic N) is 1. The molecule has 0 spiro atoms. The van der Waals surface area contributed by atoms with Gasteiger partial charge in [-0.2, -0.15) is 0 Å². The molecule has 0 bridgehead atoms. The fourth-order valence-corrected chi connectivity index (χ4v) is 1.46. The fourth-order valence-electron chi connectivity index (χ4n) is 1.46. The van der Waals surface area contributed by atoms with E-state index in [2.05, 4.69) is 0 Å². The smallest absolute Gasteiger partial charge is 0.153 e. The lowest BCUT2D eigenvalue weighted by molar-refractivity contribution is -0.0690. The van der Waals surface area contributed by atoms with Crippen molar-refractivity contribution in [2.45, 2.75) is 38.3 Å². The first-order valence-corrected chi connectivity index (χ1v) is 4.39. The van der Waals surface area contributed by atoms with Gasteiger partial charge in [0.1, 0.15) is 0 Å². The summed E-state index contributed by atoms with van der Waals surface area (Å²) in [6.07, 6.45) is -1.55. The van der Waals surface area contributed by atoms with Gasteiger partial charge in [0.15, 0.2) is 6.30 Å². The zero-order valence-electron chi connectivity index (χ0n) is 7.28. The molecule has 1 fully saturated rings. The van der Waals surface area contributed by atoms with E-state index in [1.165, 1.54) is 0 Å². The molecule has 1 aliphatic rings. The zero-order chi connectivity index (χ0) is 9.14.